The zero-order valence-corrected chi connectivity index (χ0v) is 11.5. The Labute approximate surface area is 114 Å². The van der Waals surface area contributed by atoms with Crippen LogP contribution in [0.2, 0.25) is 0 Å². The number of benzene rings is 1. The monoisotopic (exact) mass is 265 g/mol. The van der Waals surface area contributed by atoms with Crippen LogP contribution in [-0.4, -0.2) is 24.4 Å². The summed E-state index contributed by atoms with van der Waals surface area (Å²) >= 11 is 0. The minimum Gasteiger partial charge on any atom is -0.497 e. The minimum atomic E-state index is -0.687. The van der Waals surface area contributed by atoms with E-state index in [1.165, 1.54) is 6.42 Å². The summed E-state index contributed by atoms with van der Waals surface area (Å²) in [6.07, 6.45) is 4.98. The van der Waals surface area contributed by atoms with E-state index < -0.39 is 5.60 Å². The zero-order valence-electron chi connectivity index (χ0n) is 11.5. The fraction of sp³-hybridized carbons (Fsp3) is 0.600. The van der Waals surface area contributed by atoms with E-state index in [2.05, 4.69) is 0 Å². The molecular formula is C15H23NO3. The fourth-order valence-corrected chi connectivity index (χ4v) is 2.53. The lowest BCUT2D eigenvalue weighted by Gasteiger charge is -2.32. The first kappa shape index (κ1) is 14.2. The van der Waals surface area contributed by atoms with Crippen LogP contribution in [0.25, 0.3) is 0 Å². The number of aliphatic hydroxyl groups is 1. The van der Waals surface area contributed by atoms with Gasteiger partial charge in [0.15, 0.2) is 0 Å². The summed E-state index contributed by atoms with van der Waals surface area (Å²) in [5.74, 6) is 1.45. The molecule has 4 nitrogen and oxygen atoms in total. The second-order valence-electron chi connectivity index (χ2n) is 5.25. The summed E-state index contributed by atoms with van der Waals surface area (Å²) < 4.78 is 11.0. The molecule has 0 spiro atoms. The van der Waals surface area contributed by atoms with Crippen molar-refractivity contribution >= 4 is 0 Å². The average Bonchev–Trinajstić information content (AvgIpc) is 2.45. The Balaban J connectivity index is 2.05. The molecule has 1 aliphatic rings. The lowest BCUT2D eigenvalue weighted by Crippen LogP contribution is -2.38. The Morgan fingerprint density at radius 3 is 2.63 bits per heavy atom. The van der Waals surface area contributed by atoms with Gasteiger partial charge in [0.25, 0.3) is 0 Å². The SMILES string of the molecule is COc1ccc(CN)c(OCC2(O)CCCCC2)c1. The van der Waals surface area contributed by atoms with E-state index in [0.29, 0.717) is 18.9 Å². The largest absolute Gasteiger partial charge is 0.497 e. The molecule has 1 aromatic rings. The van der Waals surface area contributed by atoms with Crippen molar-refractivity contribution in [3.05, 3.63) is 23.8 Å². The molecule has 1 aliphatic carbocycles. The topological polar surface area (TPSA) is 64.7 Å². The summed E-state index contributed by atoms with van der Waals surface area (Å²) in [6, 6.07) is 5.60. The number of nitrogens with two attached hydrogens (primary N) is 1. The minimum absolute atomic E-state index is 0.327. The van der Waals surface area contributed by atoms with Gasteiger partial charge in [-0.3, -0.25) is 0 Å². The predicted octanol–water partition coefficient (Wildman–Crippen LogP) is 2.23. The predicted molar refractivity (Wildman–Crippen MR) is 74.4 cm³/mol. The number of methoxy groups -OCH3 is 1. The van der Waals surface area contributed by atoms with Crippen LogP contribution in [-0.2, 0) is 6.54 Å². The number of hydrogen-bond acceptors (Lipinski definition) is 4. The molecule has 0 heterocycles. The summed E-state index contributed by atoms with van der Waals surface area (Å²) in [6.45, 7) is 0.741. The van der Waals surface area contributed by atoms with Crippen molar-refractivity contribution in [2.24, 2.45) is 5.73 Å². The van der Waals surface area contributed by atoms with Gasteiger partial charge in [-0.25, -0.2) is 0 Å². The Bertz CT molecular complexity index is 414. The van der Waals surface area contributed by atoms with Crippen LogP contribution >= 0.6 is 0 Å². The van der Waals surface area contributed by atoms with Crippen molar-refractivity contribution in [3.8, 4) is 11.5 Å². The van der Waals surface area contributed by atoms with E-state index >= 15 is 0 Å². The van der Waals surface area contributed by atoms with E-state index in [-0.39, 0.29) is 0 Å². The summed E-state index contributed by atoms with van der Waals surface area (Å²) in [5, 5.41) is 10.4. The average molecular weight is 265 g/mol. The molecule has 1 fully saturated rings. The van der Waals surface area contributed by atoms with Crippen LogP contribution in [0.15, 0.2) is 18.2 Å². The molecule has 0 bridgehead atoms. The molecule has 3 N–H and O–H groups in total. The molecular weight excluding hydrogens is 242 g/mol. The first-order valence-corrected chi connectivity index (χ1v) is 6.89. The van der Waals surface area contributed by atoms with Gasteiger partial charge in [0.05, 0.1) is 12.7 Å². The lowest BCUT2D eigenvalue weighted by molar-refractivity contribution is -0.0341. The Hall–Kier alpha value is -1.26. The van der Waals surface area contributed by atoms with Gasteiger partial charge < -0.3 is 20.3 Å². The normalized spacial score (nSPS) is 18.1. The highest BCUT2D eigenvalue weighted by Gasteiger charge is 2.30. The van der Waals surface area contributed by atoms with E-state index in [0.717, 1.165) is 37.0 Å². The quantitative estimate of drug-likeness (QED) is 0.857. The van der Waals surface area contributed by atoms with E-state index in [1.807, 2.05) is 18.2 Å². The van der Waals surface area contributed by atoms with Crippen LogP contribution < -0.4 is 15.2 Å². The van der Waals surface area contributed by atoms with Crippen molar-refractivity contribution in [1.29, 1.82) is 0 Å². The maximum Gasteiger partial charge on any atom is 0.127 e. The van der Waals surface area contributed by atoms with Gasteiger partial charge in [-0.05, 0) is 18.9 Å². The molecule has 4 heteroatoms. The van der Waals surface area contributed by atoms with Crippen LogP contribution in [0.1, 0.15) is 37.7 Å². The first-order chi connectivity index (χ1) is 9.17. The van der Waals surface area contributed by atoms with Crippen LogP contribution in [0.4, 0.5) is 0 Å². The third-order valence-electron chi connectivity index (χ3n) is 3.77. The first-order valence-electron chi connectivity index (χ1n) is 6.89. The summed E-state index contributed by atoms with van der Waals surface area (Å²) in [5.41, 5.74) is 5.94. The number of hydrogen-bond donors (Lipinski definition) is 2. The Morgan fingerprint density at radius 1 is 1.26 bits per heavy atom. The lowest BCUT2D eigenvalue weighted by atomic mass is 9.85. The molecule has 0 unspecified atom stereocenters. The highest BCUT2D eigenvalue weighted by atomic mass is 16.5. The second-order valence-corrected chi connectivity index (χ2v) is 5.25. The third-order valence-corrected chi connectivity index (χ3v) is 3.77. The molecule has 0 aliphatic heterocycles. The smallest absolute Gasteiger partial charge is 0.127 e. The number of ether oxygens (including phenoxy) is 2. The molecule has 0 amide bonds. The standard InChI is InChI=1S/C15H23NO3/c1-18-13-6-5-12(10-16)14(9-13)19-11-15(17)7-3-2-4-8-15/h5-6,9,17H,2-4,7-8,10-11,16H2,1H3. The Morgan fingerprint density at radius 2 is 2.00 bits per heavy atom. The molecule has 1 saturated carbocycles. The van der Waals surface area contributed by atoms with Gasteiger partial charge in [0.1, 0.15) is 18.1 Å². The van der Waals surface area contributed by atoms with Crippen molar-refractivity contribution in [2.45, 2.75) is 44.2 Å². The van der Waals surface area contributed by atoms with Gasteiger partial charge in [0, 0.05) is 18.2 Å². The summed E-state index contributed by atoms with van der Waals surface area (Å²) in [7, 11) is 1.62. The maximum atomic E-state index is 10.4. The fourth-order valence-electron chi connectivity index (χ4n) is 2.53. The highest BCUT2D eigenvalue weighted by Crippen LogP contribution is 2.30. The van der Waals surface area contributed by atoms with E-state index in [1.54, 1.807) is 7.11 Å². The molecule has 0 radical (unpaired) electrons. The van der Waals surface area contributed by atoms with Crippen molar-refractivity contribution < 1.29 is 14.6 Å². The van der Waals surface area contributed by atoms with Crippen LogP contribution in [0.3, 0.4) is 0 Å². The van der Waals surface area contributed by atoms with Gasteiger partial charge >= 0.3 is 0 Å². The second kappa shape index (κ2) is 6.26. The molecule has 1 aromatic carbocycles. The maximum absolute atomic E-state index is 10.4. The van der Waals surface area contributed by atoms with Crippen LogP contribution in [0.5, 0.6) is 11.5 Å². The van der Waals surface area contributed by atoms with Crippen molar-refractivity contribution in [1.82, 2.24) is 0 Å². The van der Waals surface area contributed by atoms with E-state index in [9.17, 15) is 5.11 Å². The van der Waals surface area contributed by atoms with Crippen LogP contribution in [0, 0.1) is 0 Å². The molecule has 0 saturated heterocycles. The highest BCUT2D eigenvalue weighted by molar-refractivity contribution is 5.40. The molecule has 2 rings (SSSR count). The molecule has 0 atom stereocenters. The zero-order chi connectivity index (χ0) is 13.7. The Kier molecular flexibility index (Phi) is 4.66. The van der Waals surface area contributed by atoms with E-state index in [4.69, 9.17) is 15.2 Å². The third kappa shape index (κ3) is 3.61. The molecule has 106 valence electrons. The van der Waals surface area contributed by atoms with Crippen molar-refractivity contribution in [2.75, 3.05) is 13.7 Å². The van der Waals surface area contributed by atoms with Gasteiger partial charge in [-0.1, -0.05) is 25.3 Å². The van der Waals surface area contributed by atoms with Gasteiger partial charge in [-0.15, -0.1) is 0 Å². The van der Waals surface area contributed by atoms with Gasteiger partial charge in [0.2, 0.25) is 0 Å². The van der Waals surface area contributed by atoms with Gasteiger partial charge in [-0.2, -0.15) is 0 Å². The summed E-state index contributed by atoms with van der Waals surface area (Å²) in [4.78, 5) is 0. The molecule has 19 heavy (non-hydrogen) atoms. The molecule has 0 aromatic heterocycles. The number of rotatable bonds is 5. The van der Waals surface area contributed by atoms with Crippen molar-refractivity contribution in [3.63, 3.8) is 0 Å².